The molecular weight excluding hydrogens is 384 g/mol. The van der Waals surface area contributed by atoms with Crippen molar-refractivity contribution in [2.75, 3.05) is 38.1 Å². The number of allylic oxidation sites excluding steroid dienone is 2. The maximum atomic E-state index is 9.67. The largest absolute Gasteiger partial charge is 0.462 e. The molecule has 6 heteroatoms. The first kappa shape index (κ1) is 19.7. The maximum absolute atomic E-state index is 9.67. The number of hydrogen-bond donors (Lipinski definition) is 0. The van der Waals surface area contributed by atoms with Crippen LogP contribution in [0.4, 0.5) is 5.69 Å². The number of likely N-dealkylation sites (N-methyl/N-ethyl adjacent to an activating group) is 1. The second-order valence-corrected chi connectivity index (χ2v) is 7.98. The summed E-state index contributed by atoms with van der Waals surface area (Å²) >= 11 is 6.13. The maximum Gasteiger partial charge on any atom is 0.237 e. The van der Waals surface area contributed by atoms with Crippen LogP contribution in [0.3, 0.4) is 0 Å². The van der Waals surface area contributed by atoms with Gasteiger partial charge in [0.1, 0.15) is 5.76 Å². The average molecular weight is 408 g/mol. The van der Waals surface area contributed by atoms with Crippen LogP contribution in [0.25, 0.3) is 11.3 Å². The second-order valence-electron chi connectivity index (χ2n) is 7.55. The predicted molar refractivity (Wildman–Crippen MR) is 118 cm³/mol. The molecule has 2 heterocycles. The normalized spacial score (nSPS) is 20.3. The van der Waals surface area contributed by atoms with E-state index in [1.165, 1.54) is 5.69 Å². The van der Waals surface area contributed by atoms with Gasteiger partial charge in [0.25, 0.3) is 0 Å². The Morgan fingerprint density at radius 1 is 1.03 bits per heavy atom. The van der Waals surface area contributed by atoms with Gasteiger partial charge in [0.2, 0.25) is 6.23 Å². The molecule has 2 aromatic rings. The summed E-state index contributed by atoms with van der Waals surface area (Å²) in [5.41, 5.74) is 14.5. The van der Waals surface area contributed by atoms with E-state index in [-0.39, 0.29) is 0 Å². The Balaban J connectivity index is 1.68. The van der Waals surface area contributed by atoms with Crippen molar-refractivity contribution in [2.45, 2.75) is 13.2 Å². The van der Waals surface area contributed by atoms with Crippen molar-refractivity contribution in [3.8, 4) is 0 Å². The third kappa shape index (κ3) is 4.21. The van der Waals surface area contributed by atoms with Crippen LogP contribution in [-0.4, -0.2) is 44.4 Å². The molecule has 0 aromatic heterocycles. The highest BCUT2D eigenvalue weighted by Gasteiger charge is 2.26. The number of hydrogen-bond acceptors (Lipinski definition) is 4. The van der Waals surface area contributed by atoms with Crippen LogP contribution < -0.4 is 10.4 Å². The fraction of sp³-hybridized carbons (Fsp3) is 0.304. The van der Waals surface area contributed by atoms with Gasteiger partial charge >= 0.3 is 0 Å². The number of piperazine rings is 1. The van der Waals surface area contributed by atoms with Crippen molar-refractivity contribution < 1.29 is 4.74 Å². The molecule has 1 atom stereocenters. The lowest BCUT2D eigenvalue weighted by molar-refractivity contribution is 0.217. The third-order valence-electron chi connectivity index (χ3n) is 5.47. The molecule has 2 aromatic carbocycles. The molecule has 5 nitrogen and oxygen atoms in total. The number of anilines is 1. The van der Waals surface area contributed by atoms with Gasteiger partial charge in [-0.25, -0.2) is 0 Å². The van der Waals surface area contributed by atoms with E-state index in [2.05, 4.69) is 34.1 Å². The molecule has 0 N–H and O–H groups in total. The van der Waals surface area contributed by atoms with E-state index in [1.807, 2.05) is 49.4 Å². The standard InChI is InChI=1S/C23H24ClN4O/c1-16-13-21(23(26-25)29-22(16)18-6-3-7-19(24)14-18)17-5-4-8-20(15-17)28-11-9-27(2)10-12-28/h3-8,13-15,23H,9-12H2,1-2H3. The van der Waals surface area contributed by atoms with Crippen LogP contribution in [-0.2, 0) is 4.74 Å². The molecule has 1 radical (unpaired) electrons. The molecule has 2 aliphatic heterocycles. The Kier molecular flexibility index (Phi) is 5.69. The van der Waals surface area contributed by atoms with Gasteiger partial charge in [-0.05, 0) is 61.0 Å². The first-order chi connectivity index (χ1) is 14.0. The van der Waals surface area contributed by atoms with Gasteiger partial charge in [-0.1, -0.05) is 35.9 Å². The van der Waals surface area contributed by atoms with E-state index in [0.717, 1.165) is 48.5 Å². The number of nitrogens with zero attached hydrogens (tertiary/aromatic N) is 4. The highest BCUT2D eigenvalue weighted by Crippen LogP contribution is 2.36. The summed E-state index contributed by atoms with van der Waals surface area (Å²) in [5.74, 6) is 0.675. The zero-order valence-corrected chi connectivity index (χ0v) is 17.4. The number of ether oxygens (including phenoxy) is 1. The topological polar surface area (TPSA) is 50.4 Å². The molecule has 1 fully saturated rings. The van der Waals surface area contributed by atoms with Crippen LogP contribution in [0.5, 0.6) is 0 Å². The van der Waals surface area contributed by atoms with Crippen LogP contribution in [0.2, 0.25) is 5.02 Å². The quantitative estimate of drug-likeness (QED) is 0.700. The van der Waals surface area contributed by atoms with Crippen molar-refractivity contribution >= 4 is 28.6 Å². The van der Waals surface area contributed by atoms with Gasteiger partial charge in [0.05, 0.1) is 0 Å². The van der Waals surface area contributed by atoms with E-state index >= 15 is 0 Å². The molecule has 0 aliphatic carbocycles. The monoisotopic (exact) mass is 407 g/mol. The summed E-state index contributed by atoms with van der Waals surface area (Å²) in [7, 11) is 2.15. The summed E-state index contributed by atoms with van der Waals surface area (Å²) in [6.45, 7) is 6.10. The Morgan fingerprint density at radius 3 is 2.48 bits per heavy atom. The minimum atomic E-state index is -0.782. The van der Waals surface area contributed by atoms with Gasteiger partial charge < -0.3 is 14.5 Å². The molecule has 29 heavy (non-hydrogen) atoms. The van der Waals surface area contributed by atoms with Crippen LogP contribution in [0.1, 0.15) is 18.1 Å². The summed E-state index contributed by atoms with van der Waals surface area (Å²) in [6, 6.07) is 15.8. The van der Waals surface area contributed by atoms with Crippen molar-refractivity contribution in [1.29, 1.82) is 0 Å². The molecule has 1 saturated heterocycles. The fourth-order valence-corrected chi connectivity index (χ4v) is 4.01. The van der Waals surface area contributed by atoms with Crippen molar-refractivity contribution in [3.63, 3.8) is 0 Å². The number of rotatable bonds is 4. The van der Waals surface area contributed by atoms with Gasteiger partial charge in [-0.2, -0.15) is 0 Å². The summed E-state index contributed by atoms with van der Waals surface area (Å²) in [6.07, 6.45) is 1.25. The molecule has 1 unspecified atom stereocenters. The molecule has 0 saturated carbocycles. The molecular formula is C23H24ClN4O. The molecule has 0 spiro atoms. The highest BCUT2D eigenvalue weighted by molar-refractivity contribution is 6.30. The highest BCUT2D eigenvalue weighted by atomic mass is 35.5. The predicted octanol–water partition coefficient (Wildman–Crippen LogP) is 4.52. The summed E-state index contributed by atoms with van der Waals surface area (Å²) in [4.78, 5) is 4.73. The molecule has 2 aliphatic rings. The van der Waals surface area contributed by atoms with Gasteiger partial charge in [0.15, 0.2) is 0 Å². The lowest BCUT2D eigenvalue weighted by Gasteiger charge is -2.34. The van der Waals surface area contributed by atoms with Gasteiger partial charge in [0, 0.05) is 48.0 Å². The first-order valence-corrected chi connectivity index (χ1v) is 10.2. The van der Waals surface area contributed by atoms with Crippen LogP contribution >= 0.6 is 11.6 Å². The van der Waals surface area contributed by atoms with E-state index in [0.29, 0.717) is 10.8 Å². The lowest BCUT2D eigenvalue weighted by Crippen LogP contribution is -2.44. The molecule has 149 valence electrons. The van der Waals surface area contributed by atoms with Gasteiger partial charge in [-0.3, -0.25) is 0 Å². The molecule has 0 amide bonds. The van der Waals surface area contributed by atoms with Gasteiger partial charge in [-0.15, -0.1) is 5.11 Å². The zero-order valence-electron chi connectivity index (χ0n) is 16.7. The molecule has 4 rings (SSSR count). The first-order valence-electron chi connectivity index (χ1n) is 9.78. The lowest BCUT2D eigenvalue weighted by atomic mass is 9.97. The minimum absolute atomic E-state index is 0.638. The summed E-state index contributed by atoms with van der Waals surface area (Å²) < 4.78 is 6.07. The Morgan fingerprint density at radius 2 is 1.76 bits per heavy atom. The SMILES string of the molecule is CC1=C(c2cccc(Cl)c2)OC(N=[N])C(c2cccc(N3CCN(C)CC3)c2)=C1. The van der Waals surface area contributed by atoms with E-state index < -0.39 is 6.23 Å². The van der Waals surface area contributed by atoms with Crippen molar-refractivity contribution in [2.24, 2.45) is 5.11 Å². The zero-order chi connectivity index (χ0) is 20.4. The Hall–Kier alpha value is -2.63. The Labute approximate surface area is 176 Å². The van der Waals surface area contributed by atoms with E-state index in [9.17, 15) is 5.53 Å². The fourth-order valence-electron chi connectivity index (χ4n) is 3.82. The number of halogens is 1. The minimum Gasteiger partial charge on any atom is -0.462 e. The Bertz CT molecular complexity index is 976. The average Bonchev–Trinajstić information content (AvgIpc) is 2.74. The second kappa shape index (κ2) is 8.39. The van der Waals surface area contributed by atoms with Crippen LogP contribution in [0, 0.1) is 0 Å². The van der Waals surface area contributed by atoms with Crippen molar-refractivity contribution in [1.82, 2.24) is 10.4 Å². The number of benzene rings is 2. The third-order valence-corrected chi connectivity index (χ3v) is 5.70. The van der Waals surface area contributed by atoms with Crippen molar-refractivity contribution in [3.05, 3.63) is 76.3 Å². The smallest absolute Gasteiger partial charge is 0.237 e. The van der Waals surface area contributed by atoms with E-state index in [1.54, 1.807) is 0 Å². The van der Waals surface area contributed by atoms with E-state index in [4.69, 9.17) is 16.3 Å². The summed E-state index contributed by atoms with van der Waals surface area (Å²) in [5, 5.41) is 4.15. The van der Waals surface area contributed by atoms with Crippen LogP contribution in [0.15, 0.2) is 65.3 Å². The molecule has 0 bridgehead atoms.